The maximum Gasteiger partial charge on any atom is 0.227 e. The van der Waals surface area contributed by atoms with Crippen LogP contribution in [-0.4, -0.2) is 35.8 Å². The summed E-state index contributed by atoms with van der Waals surface area (Å²) in [6.45, 7) is 13.5. The summed E-state index contributed by atoms with van der Waals surface area (Å²) < 4.78 is 0. The minimum Gasteiger partial charge on any atom is -0.353 e. The molecule has 0 radical (unpaired) electrons. The summed E-state index contributed by atoms with van der Waals surface area (Å²) in [6.07, 6.45) is 2.27. The third kappa shape index (κ3) is 5.51. The molecule has 116 valence electrons. The van der Waals surface area contributed by atoms with Crippen LogP contribution in [0.4, 0.5) is 0 Å². The van der Waals surface area contributed by atoms with Gasteiger partial charge in [-0.1, -0.05) is 41.5 Å². The summed E-state index contributed by atoms with van der Waals surface area (Å²) in [5.41, 5.74) is -0.296. The van der Waals surface area contributed by atoms with E-state index in [-0.39, 0.29) is 28.7 Å². The molecule has 0 unspecified atom stereocenters. The number of rotatable bonds is 2. The number of amides is 2. The van der Waals surface area contributed by atoms with E-state index in [9.17, 15) is 9.59 Å². The van der Waals surface area contributed by atoms with Gasteiger partial charge in [-0.05, 0) is 18.3 Å². The SMILES string of the molecule is CC(C)(C)CC(=O)NC1CCN(C(=O)C(C)(C)C)CC1. The van der Waals surface area contributed by atoms with Crippen molar-refractivity contribution in [2.45, 2.75) is 66.8 Å². The molecule has 0 spiro atoms. The average Bonchev–Trinajstić information content (AvgIpc) is 2.25. The van der Waals surface area contributed by atoms with Crippen LogP contribution in [0, 0.1) is 10.8 Å². The molecule has 1 saturated heterocycles. The Morgan fingerprint density at radius 1 is 1.05 bits per heavy atom. The topological polar surface area (TPSA) is 49.4 Å². The standard InChI is InChI=1S/C16H30N2O2/c1-15(2,3)11-13(19)17-12-7-9-18(10-8-12)14(20)16(4,5)6/h12H,7-11H2,1-6H3,(H,17,19). The van der Waals surface area contributed by atoms with Gasteiger partial charge in [0.2, 0.25) is 11.8 Å². The molecule has 2 amide bonds. The van der Waals surface area contributed by atoms with Crippen LogP contribution in [0.5, 0.6) is 0 Å². The van der Waals surface area contributed by atoms with Crippen molar-refractivity contribution in [3.8, 4) is 0 Å². The molecule has 1 fully saturated rings. The summed E-state index contributed by atoms with van der Waals surface area (Å²) >= 11 is 0. The molecule has 0 atom stereocenters. The normalized spacial score (nSPS) is 18.0. The zero-order valence-electron chi connectivity index (χ0n) is 13.9. The Labute approximate surface area is 123 Å². The average molecular weight is 282 g/mol. The third-order valence-electron chi connectivity index (χ3n) is 3.48. The van der Waals surface area contributed by atoms with E-state index in [1.54, 1.807) is 0 Å². The first-order valence-electron chi connectivity index (χ1n) is 7.58. The number of nitrogens with zero attached hydrogens (tertiary/aromatic N) is 1. The minimum atomic E-state index is -0.317. The van der Waals surface area contributed by atoms with Gasteiger partial charge in [-0.2, -0.15) is 0 Å². The van der Waals surface area contributed by atoms with E-state index in [0.717, 1.165) is 25.9 Å². The first-order chi connectivity index (χ1) is 8.99. The molecule has 1 aliphatic heterocycles. The Kier molecular flexibility index (Phi) is 5.22. The van der Waals surface area contributed by atoms with Crippen molar-refractivity contribution in [3.63, 3.8) is 0 Å². The Bertz CT molecular complexity index is 356. The number of hydrogen-bond donors (Lipinski definition) is 1. The van der Waals surface area contributed by atoms with E-state index in [1.165, 1.54) is 0 Å². The molecule has 0 aromatic carbocycles. The van der Waals surface area contributed by atoms with Gasteiger partial charge in [0, 0.05) is 31.0 Å². The minimum absolute atomic E-state index is 0.0208. The highest BCUT2D eigenvalue weighted by Crippen LogP contribution is 2.22. The van der Waals surface area contributed by atoms with Crippen LogP contribution < -0.4 is 5.32 Å². The van der Waals surface area contributed by atoms with Crippen LogP contribution in [0.25, 0.3) is 0 Å². The van der Waals surface area contributed by atoms with Gasteiger partial charge >= 0.3 is 0 Å². The van der Waals surface area contributed by atoms with E-state index in [4.69, 9.17) is 0 Å². The summed E-state index contributed by atoms with van der Waals surface area (Å²) in [7, 11) is 0. The fraction of sp³-hybridized carbons (Fsp3) is 0.875. The maximum absolute atomic E-state index is 12.2. The van der Waals surface area contributed by atoms with E-state index < -0.39 is 0 Å². The fourth-order valence-electron chi connectivity index (χ4n) is 2.46. The summed E-state index contributed by atoms with van der Waals surface area (Å²) in [6, 6.07) is 0.217. The second kappa shape index (κ2) is 6.15. The molecular formula is C16H30N2O2. The third-order valence-corrected chi connectivity index (χ3v) is 3.48. The van der Waals surface area contributed by atoms with Gasteiger partial charge in [0.15, 0.2) is 0 Å². The molecule has 0 saturated carbocycles. The van der Waals surface area contributed by atoms with E-state index in [1.807, 2.05) is 25.7 Å². The van der Waals surface area contributed by atoms with Crippen molar-refractivity contribution in [1.82, 2.24) is 10.2 Å². The van der Waals surface area contributed by atoms with E-state index in [2.05, 4.69) is 26.1 Å². The molecule has 0 bridgehead atoms. The zero-order valence-corrected chi connectivity index (χ0v) is 13.9. The van der Waals surface area contributed by atoms with Crippen LogP contribution in [-0.2, 0) is 9.59 Å². The van der Waals surface area contributed by atoms with Crippen LogP contribution in [0.2, 0.25) is 0 Å². The van der Waals surface area contributed by atoms with Gasteiger partial charge < -0.3 is 10.2 Å². The highest BCUT2D eigenvalue weighted by molar-refractivity contribution is 5.81. The van der Waals surface area contributed by atoms with Gasteiger partial charge in [0.25, 0.3) is 0 Å². The number of hydrogen-bond acceptors (Lipinski definition) is 2. The molecular weight excluding hydrogens is 252 g/mol. The molecule has 1 rings (SSSR count). The molecule has 0 aliphatic carbocycles. The lowest BCUT2D eigenvalue weighted by Crippen LogP contribution is -2.49. The Morgan fingerprint density at radius 3 is 1.95 bits per heavy atom. The molecule has 20 heavy (non-hydrogen) atoms. The molecule has 4 nitrogen and oxygen atoms in total. The van der Waals surface area contributed by atoms with Gasteiger partial charge in [0.05, 0.1) is 0 Å². The Morgan fingerprint density at radius 2 is 1.55 bits per heavy atom. The second-order valence-electron chi connectivity index (χ2n) is 8.12. The lowest BCUT2D eigenvalue weighted by atomic mass is 9.91. The summed E-state index contributed by atoms with van der Waals surface area (Å²) in [4.78, 5) is 26.0. The highest BCUT2D eigenvalue weighted by Gasteiger charge is 2.30. The predicted molar refractivity (Wildman–Crippen MR) is 81.3 cm³/mol. The van der Waals surface area contributed by atoms with Crippen molar-refractivity contribution in [3.05, 3.63) is 0 Å². The van der Waals surface area contributed by atoms with Crippen LogP contribution >= 0.6 is 0 Å². The van der Waals surface area contributed by atoms with E-state index >= 15 is 0 Å². The monoisotopic (exact) mass is 282 g/mol. The van der Waals surface area contributed by atoms with Gasteiger partial charge in [-0.3, -0.25) is 9.59 Å². The summed E-state index contributed by atoms with van der Waals surface area (Å²) in [5.74, 6) is 0.329. The zero-order chi connectivity index (χ0) is 15.6. The molecule has 1 heterocycles. The molecule has 4 heteroatoms. The Balaban J connectivity index is 2.40. The van der Waals surface area contributed by atoms with Gasteiger partial charge in [-0.25, -0.2) is 0 Å². The van der Waals surface area contributed by atoms with Crippen LogP contribution in [0.3, 0.4) is 0 Å². The largest absolute Gasteiger partial charge is 0.353 e. The number of nitrogens with one attached hydrogen (secondary N) is 1. The van der Waals surface area contributed by atoms with Crippen molar-refractivity contribution < 1.29 is 9.59 Å². The fourth-order valence-corrected chi connectivity index (χ4v) is 2.46. The second-order valence-corrected chi connectivity index (χ2v) is 8.12. The predicted octanol–water partition coefficient (Wildman–Crippen LogP) is 2.58. The van der Waals surface area contributed by atoms with Crippen LogP contribution in [0.15, 0.2) is 0 Å². The number of piperidine rings is 1. The van der Waals surface area contributed by atoms with E-state index in [0.29, 0.717) is 6.42 Å². The molecule has 1 aliphatic rings. The number of carbonyl (C=O) groups is 2. The molecule has 1 N–H and O–H groups in total. The van der Waals surface area contributed by atoms with Crippen molar-refractivity contribution in [2.24, 2.45) is 10.8 Å². The van der Waals surface area contributed by atoms with Crippen molar-refractivity contribution in [2.75, 3.05) is 13.1 Å². The highest BCUT2D eigenvalue weighted by atomic mass is 16.2. The summed E-state index contributed by atoms with van der Waals surface area (Å²) in [5, 5.41) is 3.10. The smallest absolute Gasteiger partial charge is 0.227 e. The van der Waals surface area contributed by atoms with Crippen molar-refractivity contribution in [1.29, 1.82) is 0 Å². The maximum atomic E-state index is 12.2. The molecule has 0 aromatic heterocycles. The first-order valence-corrected chi connectivity index (χ1v) is 7.58. The lowest BCUT2D eigenvalue weighted by Gasteiger charge is -2.36. The lowest BCUT2D eigenvalue weighted by molar-refractivity contribution is -0.140. The van der Waals surface area contributed by atoms with Gasteiger partial charge in [0.1, 0.15) is 0 Å². The van der Waals surface area contributed by atoms with Crippen LogP contribution in [0.1, 0.15) is 60.8 Å². The van der Waals surface area contributed by atoms with Gasteiger partial charge in [-0.15, -0.1) is 0 Å². The van der Waals surface area contributed by atoms with Crippen molar-refractivity contribution >= 4 is 11.8 Å². The first kappa shape index (κ1) is 17.0. The molecule has 0 aromatic rings. The quantitative estimate of drug-likeness (QED) is 0.846. The number of carbonyl (C=O) groups excluding carboxylic acids is 2. The number of likely N-dealkylation sites (tertiary alicyclic amines) is 1. The Hall–Kier alpha value is -1.06.